The zero-order valence-electron chi connectivity index (χ0n) is 33.4. The number of hydrogen-bond donors (Lipinski definition) is 9. The SMILES string of the molecule is C[C@H](CO)[C@H]1CC[C@@]2(CC[C@]3(C)[C@H](CC[C@@H]4[C@@]5(C)CC[C@H](O[C@@H]6O[C@H](CO)[C@@H](O)[C@H](O)[C@H]6O[C@@H]6OC[C@@H](O)[C@H](O)[C@H]6O)[C@@](C)(CO)[C@@H]5CC[C@]43C)[C@H]2O)CO1. The van der Waals surface area contributed by atoms with Crippen LogP contribution in [0.2, 0.25) is 0 Å². The van der Waals surface area contributed by atoms with Crippen LogP contribution in [-0.2, 0) is 23.7 Å². The lowest BCUT2D eigenvalue weighted by atomic mass is 9.33. The molecular weight excluding hydrogens is 716 g/mol. The zero-order chi connectivity index (χ0) is 39.9. The van der Waals surface area contributed by atoms with Gasteiger partial charge in [0.05, 0.1) is 44.7 Å². The van der Waals surface area contributed by atoms with Crippen LogP contribution in [0.25, 0.3) is 0 Å². The first-order chi connectivity index (χ1) is 25.9. The predicted molar refractivity (Wildman–Crippen MR) is 196 cm³/mol. The fourth-order valence-electron chi connectivity index (χ4n) is 13.6. The summed E-state index contributed by atoms with van der Waals surface area (Å²) in [5.41, 5.74) is -1.28. The molecular formula is C41H70O14. The number of aliphatic hydroxyl groups is 9. The smallest absolute Gasteiger partial charge is 0.187 e. The van der Waals surface area contributed by atoms with Crippen LogP contribution in [0.3, 0.4) is 0 Å². The first-order valence-electron chi connectivity index (χ1n) is 21.0. The normalized spacial score (nSPS) is 56.3. The van der Waals surface area contributed by atoms with E-state index in [1.165, 1.54) is 0 Å². The fraction of sp³-hybridized carbons (Fsp3) is 1.00. The van der Waals surface area contributed by atoms with Crippen LogP contribution >= 0.6 is 0 Å². The van der Waals surface area contributed by atoms with Gasteiger partial charge in [0, 0.05) is 23.4 Å². The highest BCUT2D eigenvalue weighted by atomic mass is 16.8. The van der Waals surface area contributed by atoms with Crippen molar-refractivity contribution in [3.8, 4) is 0 Å². The van der Waals surface area contributed by atoms with Crippen LogP contribution in [0.15, 0.2) is 0 Å². The Labute approximate surface area is 325 Å². The van der Waals surface area contributed by atoms with Crippen LogP contribution in [-0.4, -0.2) is 153 Å². The van der Waals surface area contributed by atoms with Crippen LogP contribution in [0.4, 0.5) is 0 Å². The number of hydrogen-bond acceptors (Lipinski definition) is 14. The van der Waals surface area contributed by atoms with Crippen LogP contribution in [0, 0.1) is 50.7 Å². The summed E-state index contributed by atoms with van der Waals surface area (Å²) >= 11 is 0. The molecule has 14 nitrogen and oxygen atoms in total. The second-order valence-electron chi connectivity index (χ2n) is 19.9. The predicted octanol–water partition coefficient (Wildman–Crippen LogP) is 0.831. The molecule has 3 saturated heterocycles. The third kappa shape index (κ3) is 6.59. The highest BCUT2D eigenvalue weighted by molar-refractivity contribution is 5.19. The van der Waals surface area contributed by atoms with Gasteiger partial charge < -0.3 is 69.6 Å². The van der Waals surface area contributed by atoms with E-state index in [2.05, 4.69) is 27.7 Å². The molecule has 14 heteroatoms. The second-order valence-corrected chi connectivity index (χ2v) is 19.9. The van der Waals surface area contributed by atoms with E-state index in [9.17, 15) is 46.0 Å². The van der Waals surface area contributed by atoms with Gasteiger partial charge in [0.1, 0.15) is 42.7 Å². The van der Waals surface area contributed by atoms with Gasteiger partial charge in [0.25, 0.3) is 0 Å². The van der Waals surface area contributed by atoms with Crippen molar-refractivity contribution in [2.45, 2.75) is 172 Å². The molecule has 0 aromatic heterocycles. The Hall–Kier alpha value is -0.560. The van der Waals surface area contributed by atoms with Crippen molar-refractivity contribution < 1.29 is 69.6 Å². The summed E-state index contributed by atoms with van der Waals surface area (Å²) in [6, 6.07) is 0. The van der Waals surface area contributed by atoms with Gasteiger partial charge >= 0.3 is 0 Å². The average molecular weight is 787 g/mol. The number of aliphatic hydroxyl groups excluding tert-OH is 9. The van der Waals surface area contributed by atoms with E-state index in [4.69, 9.17) is 23.7 Å². The lowest BCUT2D eigenvalue weighted by Crippen LogP contribution is -2.69. The van der Waals surface area contributed by atoms with Crippen molar-refractivity contribution in [2.75, 3.05) is 33.0 Å². The highest BCUT2D eigenvalue weighted by Crippen LogP contribution is 2.75. The maximum atomic E-state index is 12.3. The van der Waals surface area contributed by atoms with Gasteiger partial charge in [-0.15, -0.1) is 0 Å². The lowest BCUT2D eigenvalue weighted by Gasteiger charge is -2.73. The topological polar surface area (TPSA) is 228 Å². The zero-order valence-corrected chi connectivity index (χ0v) is 33.4. The van der Waals surface area contributed by atoms with Gasteiger partial charge in [-0.05, 0) is 98.2 Å². The van der Waals surface area contributed by atoms with Gasteiger partial charge in [-0.3, -0.25) is 0 Å². The molecule has 318 valence electrons. The van der Waals surface area contributed by atoms with Crippen molar-refractivity contribution in [2.24, 2.45) is 50.7 Å². The standard InChI is InChI=1S/C41H70O14/c1-21(16-42)24-8-13-41(20-52-24)15-14-39(4)22(34(41)50)6-7-27-37(2)11-10-28(38(3,19-44)26(37)9-12-40(27,39)5)54-36-33(31(48)30(47)25(17-43)53-36)55-35-32(49)29(46)23(45)18-51-35/h21-36,42-50H,6-20H2,1-5H3/t21-,22-,23-,24-,25-,26-,27-,28+,29+,30-,31+,32-,33-,34-,35+,36+,37+,38+,39-,40-,41-/m1/s1. The number of ether oxygens (including phenoxy) is 5. The van der Waals surface area contributed by atoms with Gasteiger partial charge in [0.15, 0.2) is 12.6 Å². The van der Waals surface area contributed by atoms with E-state index in [0.717, 1.165) is 57.8 Å². The molecule has 0 radical (unpaired) electrons. The van der Waals surface area contributed by atoms with Crippen molar-refractivity contribution in [1.82, 2.24) is 0 Å². The Balaban J connectivity index is 1.10. The van der Waals surface area contributed by atoms with Crippen LogP contribution in [0.1, 0.15) is 98.8 Å². The quantitative estimate of drug-likeness (QED) is 0.156. The third-order valence-electron chi connectivity index (χ3n) is 17.5. The maximum Gasteiger partial charge on any atom is 0.187 e. The second kappa shape index (κ2) is 15.5. The van der Waals surface area contributed by atoms with Crippen molar-refractivity contribution >= 4 is 0 Å². The lowest BCUT2D eigenvalue weighted by molar-refractivity contribution is -0.372. The Morgan fingerprint density at radius 3 is 2.09 bits per heavy atom. The van der Waals surface area contributed by atoms with E-state index in [0.29, 0.717) is 18.9 Å². The van der Waals surface area contributed by atoms with Gasteiger partial charge in [-0.2, -0.15) is 0 Å². The molecule has 3 heterocycles. The molecule has 4 aliphatic carbocycles. The van der Waals surface area contributed by atoms with Crippen molar-refractivity contribution in [1.29, 1.82) is 0 Å². The number of fused-ring (bicyclic) bond motifs is 5. The minimum atomic E-state index is -1.66. The molecule has 21 atom stereocenters. The summed E-state index contributed by atoms with van der Waals surface area (Å²) in [6.07, 6.45) is -5.35. The van der Waals surface area contributed by atoms with Gasteiger partial charge in [-0.1, -0.05) is 34.6 Å². The summed E-state index contributed by atoms with van der Waals surface area (Å²) < 4.78 is 30.5. The summed E-state index contributed by atoms with van der Waals surface area (Å²) in [5, 5.41) is 96.2. The Morgan fingerprint density at radius 2 is 1.44 bits per heavy atom. The molecule has 3 aliphatic heterocycles. The Morgan fingerprint density at radius 1 is 0.691 bits per heavy atom. The largest absolute Gasteiger partial charge is 0.396 e. The maximum absolute atomic E-state index is 12.3. The summed E-state index contributed by atoms with van der Waals surface area (Å²) in [6.45, 7) is 10.9. The molecule has 7 aliphatic rings. The summed E-state index contributed by atoms with van der Waals surface area (Å²) in [4.78, 5) is 0. The first kappa shape index (κ1) is 42.6. The van der Waals surface area contributed by atoms with E-state index >= 15 is 0 Å². The molecule has 55 heavy (non-hydrogen) atoms. The fourth-order valence-corrected chi connectivity index (χ4v) is 13.6. The van der Waals surface area contributed by atoms with Crippen LogP contribution < -0.4 is 0 Å². The molecule has 0 bridgehead atoms. The van der Waals surface area contributed by atoms with E-state index in [1.54, 1.807) is 0 Å². The minimum Gasteiger partial charge on any atom is -0.396 e. The summed E-state index contributed by atoms with van der Waals surface area (Å²) in [7, 11) is 0. The molecule has 0 aromatic carbocycles. The van der Waals surface area contributed by atoms with Gasteiger partial charge in [-0.25, -0.2) is 0 Å². The highest BCUT2D eigenvalue weighted by Gasteiger charge is 2.70. The molecule has 7 rings (SSSR count). The summed E-state index contributed by atoms with van der Waals surface area (Å²) in [5.74, 6) is 0.637. The molecule has 0 amide bonds. The molecule has 7 fully saturated rings. The van der Waals surface area contributed by atoms with Crippen LogP contribution in [0.5, 0.6) is 0 Å². The molecule has 0 aromatic rings. The third-order valence-corrected chi connectivity index (χ3v) is 17.5. The molecule has 0 unspecified atom stereocenters. The van der Waals surface area contributed by atoms with Crippen molar-refractivity contribution in [3.05, 3.63) is 0 Å². The van der Waals surface area contributed by atoms with Crippen molar-refractivity contribution in [3.63, 3.8) is 0 Å². The van der Waals surface area contributed by atoms with E-state index in [-0.39, 0.29) is 65.3 Å². The monoisotopic (exact) mass is 786 g/mol. The van der Waals surface area contributed by atoms with E-state index in [1.807, 2.05) is 6.92 Å². The average Bonchev–Trinajstić information content (AvgIpc) is 3.17. The Bertz CT molecular complexity index is 1330. The molecule has 1 spiro atoms. The molecule has 9 N–H and O–H groups in total. The minimum absolute atomic E-state index is 0.0261. The van der Waals surface area contributed by atoms with E-state index < -0.39 is 79.5 Å². The first-order valence-corrected chi connectivity index (χ1v) is 21.0. The Kier molecular flexibility index (Phi) is 12.0. The number of rotatable bonds is 8. The molecule has 4 saturated carbocycles. The van der Waals surface area contributed by atoms with Gasteiger partial charge in [0.2, 0.25) is 0 Å².